The minimum Gasteiger partial charge on any atom is -0.456 e. The molecular weight excluding hydrogens is 461 g/mol. The lowest BCUT2D eigenvalue weighted by Gasteiger charge is -2.39. The van der Waals surface area contributed by atoms with E-state index in [4.69, 9.17) is 9.47 Å². The van der Waals surface area contributed by atoms with Gasteiger partial charge in [0.15, 0.2) is 5.60 Å². The Kier molecular flexibility index (Phi) is 6.56. The van der Waals surface area contributed by atoms with Crippen LogP contribution in [-0.2, 0) is 16.9 Å². The van der Waals surface area contributed by atoms with E-state index in [0.717, 1.165) is 34.9 Å². The summed E-state index contributed by atoms with van der Waals surface area (Å²) in [7, 11) is 0. The van der Waals surface area contributed by atoms with Crippen molar-refractivity contribution in [3.05, 3.63) is 95.3 Å². The number of ether oxygens (including phenoxy) is 2. The highest BCUT2D eigenvalue weighted by Gasteiger charge is 2.45. The molecule has 1 aliphatic rings. The van der Waals surface area contributed by atoms with Gasteiger partial charge in [0.25, 0.3) is 0 Å². The van der Waals surface area contributed by atoms with Crippen LogP contribution in [0.25, 0.3) is 0 Å². The van der Waals surface area contributed by atoms with Crippen molar-refractivity contribution in [2.75, 3.05) is 5.33 Å². The third-order valence-electron chi connectivity index (χ3n) is 5.39. The van der Waals surface area contributed by atoms with Crippen LogP contribution in [0.5, 0.6) is 11.5 Å². The predicted octanol–water partition coefficient (Wildman–Crippen LogP) is 6.67. The molecule has 4 nitrogen and oxygen atoms in total. The molecule has 0 unspecified atom stereocenters. The monoisotopic (exact) mass is 483 g/mol. The Morgan fingerprint density at radius 2 is 1.55 bits per heavy atom. The van der Waals surface area contributed by atoms with Crippen LogP contribution in [0.2, 0.25) is 0 Å². The van der Waals surface area contributed by atoms with Crippen LogP contribution in [-0.4, -0.2) is 11.4 Å². The summed E-state index contributed by atoms with van der Waals surface area (Å²) in [6, 6.07) is 21.4. The number of carbonyl (C=O) groups is 1. The summed E-state index contributed by atoms with van der Waals surface area (Å²) in [6.07, 6.45) is 1.90. The van der Waals surface area contributed by atoms with Gasteiger partial charge in [0.05, 0.1) is 0 Å². The number of hydrogen-bond donors (Lipinski definition) is 1. The number of nitrogens with one attached hydrogen (secondary N) is 1. The Morgan fingerprint density at radius 3 is 2.16 bits per heavy atom. The largest absolute Gasteiger partial charge is 0.456 e. The molecule has 160 valence electrons. The van der Waals surface area contributed by atoms with Gasteiger partial charge in [-0.3, -0.25) is 0 Å². The second-order valence-electron chi connectivity index (χ2n) is 7.44. The molecule has 3 aromatic rings. The van der Waals surface area contributed by atoms with E-state index in [1.165, 1.54) is 12.1 Å². The summed E-state index contributed by atoms with van der Waals surface area (Å²) in [5, 5.41) is 3.68. The molecule has 3 aromatic carbocycles. The number of amides is 1. The smallest absolute Gasteiger partial charge is 0.408 e. The van der Waals surface area contributed by atoms with Gasteiger partial charge in [0, 0.05) is 23.0 Å². The lowest BCUT2D eigenvalue weighted by atomic mass is 9.79. The van der Waals surface area contributed by atoms with E-state index in [1.54, 1.807) is 12.1 Å². The third-order valence-corrected chi connectivity index (χ3v) is 5.95. The first-order chi connectivity index (χ1) is 15.1. The van der Waals surface area contributed by atoms with E-state index >= 15 is 0 Å². The lowest BCUT2D eigenvalue weighted by molar-refractivity contribution is 0.0234. The Hall–Kier alpha value is -2.86. The number of hydrogen-bond acceptors (Lipinski definition) is 3. The van der Waals surface area contributed by atoms with E-state index in [-0.39, 0.29) is 12.4 Å². The van der Waals surface area contributed by atoms with Gasteiger partial charge in [0.2, 0.25) is 0 Å². The highest BCUT2D eigenvalue weighted by atomic mass is 79.9. The standard InChI is InChI=1S/C25H23BrFNO3/c26-16-6-5-15-25(31-24(29)28-17-18-11-13-19(27)14-12-18)20-7-1-3-9-22(20)30-23-10-4-2-8-21(23)25/h1-4,7-14H,5-6,15-17H2,(H,28,29). The molecule has 31 heavy (non-hydrogen) atoms. The topological polar surface area (TPSA) is 47.6 Å². The normalized spacial score (nSPS) is 13.5. The molecule has 0 saturated heterocycles. The summed E-state index contributed by atoms with van der Waals surface area (Å²) in [5.74, 6) is 1.06. The Labute approximate surface area is 189 Å². The molecule has 1 aliphatic heterocycles. The third kappa shape index (κ3) is 4.59. The Morgan fingerprint density at radius 1 is 0.935 bits per heavy atom. The Bertz CT molecular complexity index is 1010. The van der Waals surface area contributed by atoms with Gasteiger partial charge in [0.1, 0.15) is 17.3 Å². The van der Waals surface area contributed by atoms with Crippen LogP contribution in [0.3, 0.4) is 0 Å². The van der Waals surface area contributed by atoms with Crippen molar-refractivity contribution in [1.29, 1.82) is 0 Å². The van der Waals surface area contributed by atoms with Crippen molar-refractivity contribution in [2.45, 2.75) is 31.4 Å². The minimum atomic E-state index is -0.958. The van der Waals surface area contributed by atoms with Crippen LogP contribution in [0.1, 0.15) is 36.0 Å². The zero-order chi connectivity index (χ0) is 21.7. The maximum atomic E-state index is 13.1. The molecule has 0 saturated carbocycles. The molecule has 0 atom stereocenters. The lowest BCUT2D eigenvalue weighted by Crippen LogP contribution is -2.40. The van der Waals surface area contributed by atoms with Crippen molar-refractivity contribution < 1.29 is 18.7 Å². The van der Waals surface area contributed by atoms with Crippen molar-refractivity contribution >= 4 is 22.0 Å². The van der Waals surface area contributed by atoms with E-state index in [9.17, 15) is 9.18 Å². The first-order valence-corrected chi connectivity index (χ1v) is 11.4. The molecule has 0 radical (unpaired) electrons. The van der Waals surface area contributed by atoms with Crippen LogP contribution in [0.4, 0.5) is 9.18 Å². The van der Waals surface area contributed by atoms with Crippen LogP contribution in [0, 0.1) is 5.82 Å². The summed E-state index contributed by atoms with van der Waals surface area (Å²) < 4.78 is 25.5. The maximum Gasteiger partial charge on any atom is 0.408 e. The minimum absolute atomic E-state index is 0.246. The second kappa shape index (κ2) is 9.52. The average molecular weight is 484 g/mol. The van der Waals surface area contributed by atoms with Crippen molar-refractivity contribution in [3.8, 4) is 11.5 Å². The fourth-order valence-electron chi connectivity index (χ4n) is 3.91. The van der Waals surface area contributed by atoms with Gasteiger partial charge in [-0.15, -0.1) is 0 Å². The quantitative estimate of drug-likeness (QED) is 0.301. The summed E-state index contributed by atoms with van der Waals surface area (Å²) in [6.45, 7) is 0.246. The molecular formula is C25H23BrFNO3. The SMILES string of the molecule is O=C(NCc1ccc(F)cc1)OC1(CCCCBr)c2ccccc2Oc2ccccc21. The van der Waals surface area contributed by atoms with E-state index in [2.05, 4.69) is 21.2 Å². The fraction of sp³-hybridized carbons (Fsp3) is 0.240. The molecule has 0 aliphatic carbocycles. The van der Waals surface area contributed by atoms with Crippen molar-refractivity contribution in [3.63, 3.8) is 0 Å². The molecule has 4 rings (SSSR count). The van der Waals surface area contributed by atoms with Gasteiger partial charge in [-0.05, 0) is 49.1 Å². The first kappa shape index (κ1) is 21.4. The van der Waals surface area contributed by atoms with Gasteiger partial charge >= 0.3 is 6.09 Å². The number of carbonyl (C=O) groups excluding carboxylic acids is 1. The van der Waals surface area contributed by atoms with Gasteiger partial charge < -0.3 is 14.8 Å². The van der Waals surface area contributed by atoms with Crippen LogP contribution in [0.15, 0.2) is 72.8 Å². The molecule has 0 spiro atoms. The predicted molar refractivity (Wildman–Crippen MR) is 121 cm³/mol. The molecule has 1 N–H and O–H groups in total. The Balaban J connectivity index is 1.65. The van der Waals surface area contributed by atoms with E-state index in [0.29, 0.717) is 17.9 Å². The molecule has 6 heteroatoms. The average Bonchev–Trinajstić information content (AvgIpc) is 2.79. The summed E-state index contributed by atoms with van der Waals surface area (Å²) >= 11 is 3.49. The fourth-order valence-corrected chi connectivity index (χ4v) is 4.31. The van der Waals surface area contributed by atoms with E-state index < -0.39 is 11.7 Å². The van der Waals surface area contributed by atoms with Crippen LogP contribution >= 0.6 is 15.9 Å². The number of halogens is 2. The number of alkyl carbamates (subject to hydrolysis) is 1. The molecule has 0 aromatic heterocycles. The molecule has 1 amide bonds. The highest BCUT2D eigenvalue weighted by molar-refractivity contribution is 9.09. The van der Waals surface area contributed by atoms with Crippen LogP contribution < -0.4 is 10.1 Å². The number of benzene rings is 3. The zero-order valence-corrected chi connectivity index (χ0v) is 18.5. The zero-order valence-electron chi connectivity index (χ0n) is 16.9. The summed E-state index contributed by atoms with van der Waals surface area (Å²) in [5.41, 5.74) is 1.50. The maximum absolute atomic E-state index is 13.1. The second-order valence-corrected chi connectivity index (χ2v) is 8.23. The number of fused-ring (bicyclic) bond motifs is 2. The number of alkyl halides is 1. The van der Waals surface area contributed by atoms with Crippen molar-refractivity contribution in [2.24, 2.45) is 0 Å². The van der Waals surface area contributed by atoms with Gasteiger partial charge in [-0.2, -0.15) is 0 Å². The number of para-hydroxylation sites is 2. The first-order valence-electron chi connectivity index (χ1n) is 10.3. The summed E-state index contributed by atoms with van der Waals surface area (Å²) in [4.78, 5) is 13.0. The number of rotatable bonds is 7. The molecule has 0 fully saturated rings. The highest BCUT2D eigenvalue weighted by Crippen LogP contribution is 2.51. The number of unbranched alkanes of at least 4 members (excludes halogenated alkanes) is 1. The van der Waals surface area contributed by atoms with Gasteiger partial charge in [-0.1, -0.05) is 64.5 Å². The molecule has 0 bridgehead atoms. The van der Waals surface area contributed by atoms with E-state index in [1.807, 2.05) is 48.5 Å². The molecule has 1 heterocycles. The van der Waals surface area contributed by atoms with Gasteiger partial charge in [-0.25, -0.2) is 9.18 Å². The van der Waals surface area contributed by atoms with Crippen molar-refractivity contribution in [1.82, 2.24) is 5.32 Å².